The molecule has 4 aliphatic carbocycles. The van der Waals surface area contributed by atoms with Crippen LogP contribution in [0.25, 0.3) is 0 Å². The van der Waals surface area contributed by atoms with Crippen LogP contribution in [0.1, 0.15) is 92.4 Å². The van der Waals surface area contributed by atoms with Crippen molar-refractivity contribution in [3.63, 3.8) is 0 Å². The quantitative estimate of drug-likeness (QED) is 0.421. The molecule has 8 atom stereocenters. The molecular formula is C26H42. The second-order valence-electron chi connectivity index (χ2n) is 11.3. The van der Waals surface area contributed by atoms with Gasteiger partial charge < -0.3 is 0 Å². The second kappa shape index (κ2) is 6.52. The molecule has 0 aliphatic heterocycles. The third kappa shape index (κ3) is 2.61. The van der Waals surface area contributed by atoms with Gasteiger partial charge in [-0.15, -0.1) is 6.58 Å². The smallest absolute Gasteiger partial charge is 0.00803 e. The van der Waals surface area contributed by atoms with E-state index < -0.39 is 0 Å². The summed E-state index contributed by atoms with van der Waals surface area (Å²) < 4.78 is 0. The fourth-order valence-corrected chi connectivity index (χ4v) is 8.89. The van der Waals surface area contributed by atoms with E-state index in [1.54, 1.807) is 5.57 Å². The van der Waals surface area contributed by atoms with Crippen LogP contribution < -0.4 is 0 Å². The highest BCUT2D eigenvalue weighted by Gasteiger charge is 2.58. The monoisotopic (exact) mass is 354 g/mol. The number of allylic oxidation sites excluding steroid dienone is 3. The van der Waals surface area contributed by atoms with Crippen molar-refractivity contribution in [3.05, 3.63) is 23.8 Å². The van der Waals surface area contributed by atoms with Crippen LogP contribution >= 0.6 is 0 Å². The summed E-state index contributed by atoms with van der Waals surface area (Å²) in [4.78, 5) is 0. The molecule has 0 aromatic carbocycles. The molecule has 0 spiro atoms. The van der Waals surface area contributed by atoms with E-state index in [1.165, 1.54) is 57.8 Å². The maximum absolute atomic E-state index is 4.37. The van der Waals surface area contributed by atoms with Gasteiger partial charge in [-0.3, -0.25) is 0 Å². The highest BCUT2D eigenvalue weighted by molar-refractivity contribution is 5.26. The molecule has 0 heterocycles. The van der Waals surface area contributed by atoms with Crippen LogP contribution in [0.5, 0.6) is 0 Å². The van der Waals surface area contributed by atoms with E-state index in [4.69, 9.17) is 0 Å². The largest absolute Gasteiger partial charge is 0.103 e. The fourth-order valence-electron chi connectivity index (χ4n) is 8.89. The van der Waals surface area contributed by atoms with Crippen LogP contribution in [0.4, 0.5) is 0 Å². The molecule has 4 fully saturated rings. The maximum Gasteiger partial charge on any atom is -0.00803 e. The third-order valence-electron chi connectivity index (χ3n) is 9.80. The van der Waals surface area contributed by atoms with E-state index in [-0.39, 0.29) is 0 Å². The molecule has 0 bridgehead atoms. The van der Waals surface area contributed by atoms with E-state index >= 15 is 0 Å². The van der Waals surface area contributed by atoms with E-state index in [0.717, 1.165) is 35.5 Å². The number of rotatable bonds is 1. The van der Waals surface area contributed by atoms with Crippen LogP contribution in [-0.2, 0) is 0 Å². The van der Waals surface area contributed by atoms with Gasteiger partial charge in [0.05, 0.1) is 0 Å². The zero-order valence-electron chi connectivity index (χ0n) is 18.1. The van der Waals surface area contributed by atoms with Gasteiger partial charge in [0.2, 0.25) is 0 Å². The van der Waals surface area contributed by atoms with Gasteiger partial charge >= 0.3 is 0 Å². The first kappa shape index (κ1) is 18.8. The summed E-state index contributed by atoms with van der Waals surface area (Å²) in [5.41, 5.74) is 4.44. The molecule has 4 aliphatic rings. The molecule has 0 heteroatoms. The first-order chi connectivity index (χ1) is 12.3. The minimum atomic E-state index is 0.476. The van der Waals surface area contributed by atoms with Gasteiger partial charge in [0, 0.05) is 0 Å². The van der Waals surface area contributed by atoms with Crippen LogP contribution in [-0.4, -0.2) is 0 Å². The van der Waals surface area contributed by atoms with Crippen molar-refractivity contribution >= 4 is 0 Å². The molecule has 0 aromatic rings. The summed E-state index contributed by atoms with van der Waals surface area (Å²) in [6.45, 7) is 16.9. The number of fused-ring (bicyclic) bond motifs is 5. The van der Waals surface area contributed by atoms with E-state index in [9.17, 15) is 0 Å². The summed E-state index contributed by atoms with van der Waals surface area (Å²) in [5.74, 6) is 5.64. The van der Waals surface area contributed by atoms with Crippen molar-refractivity contribution in [3.8, 4) is 0 Å². The molecule has 0 aromatic heterocycles. The lowest BCUT2D eigenvalue weighted by molar-refractivity contribution is -0.106. The summed E-state index contributed by atoms with van der Waals surface area (Å²) >= 11 is 0. The molecule has 7 unspecified atom stereocenters. The molecule has 0 saturated heterocycles. The Kier molecular flexibility index (Phi) is 4.72. The summed E-state index contributed by atoms with van der Waals surface area (Å²) in [6.07, 6.45) is 15.4. The summed E-state index contributed by atoms with van der Waals surface area (Å²) in [6, 6.07) is 0. The predicted octanol–water partition coefficient (Wildman–Crippen LogP) is 7.80. The highest BCUT2D eigenvalue weighted by Crippen LogP contribution is 2.67. The molecule has 0 N–H and O–H groups in total. The predicted molar refractivity (Wildman–Crippen MR) is 113 cm³/mol. The maximum atomic E-state index is 4.37. The number of hydrogen-bond donors (Lipinski definition) is 0. The van der Waals surface area contributed by atoms with E-state index in [1.807, 2.05) is 5.57 Å². The van der Waals surface area contributed by atoms with Crippen molar-refractivity contribution in [1.29, 1.82) is 0 Å². The Morgan fingerprint density at radius 3 is 2.42 bits per heavy atom. The summed E-state index contributed by atoms with van der Waals surface area (Å²) in [5, 5.41) is 0. The van der Waals surface area contributed by atoms with Crippen molar-refractivity contribution in [1.82, 2.24) is 0 Å². The lowest BCUT2D eigenvalue weighted by Gasteiger charge is -2.63. The Morgan fingerprint density at radius 2 is 1.73 bits per heavy atom. The van der Waals surface area contributed by atoms with Crippen LogP contribution in [0.3, 0.4) is 0 Å². The lowest BCUT2D eigenvalue weighted by atomic mass is 9.41. The Hall–Kier alpha value is -0.520. The average Bonchev–Trinajstić information content (AvgIpc) is 2.60. The highest BCUT2D eigenvalue weighted by atomic mass is 14.6. The second-order valence-corrected chi connectivity index (χ2v) is 11.3. The Balaban J connectivity index is 1.69. The normalized spacial score (nSPS) is 51.0. The summed E-state index contributed by atoms with van der Waals surface area (Å²) in [7, 11) is 0. The van der Waals surface area contributed by atoms with Crippen molar-refractivity contribution in [2.45, 2.75) is 92.4 Å². The van der Waals surface area contributed by atoms with Crippen molar-refractivity contribution in [2.75, 3.05) is 0 Å². The Labute approximate surface area is 162 Å². The SMILES string of the molecule is C=CC12CCC3C(CCC4(C)C(=C(C)C)CC[C@@H](C)C34)C1CCC(C)C2. The van der Waals surface area contributed by atoms with Gasteiger partial charge in [0.1, 0.15) is 0 Å². The van der Waals surface area contributed by atoms with Crippen molar-refractivity contribution < 1.29 is 0 Å². The molecule has 146 valence electrons. The van der Waals surface area contributed by atoms with Crippen LogP contribution in [0.15, 0.2) is 23.8 Å². The van der Waals surface area contributed by atoms with Gasteiger partial charge in [-0.2, -0.15) is 0 Å². The van der Waals surface area contributed by atoms with Gasteiger partial charge in [-0.1, -0.05) is 44.4 Å². The topological polar surface area (TPSA) is 0 Å². The van der Waals surface area contributed by atoms with Gasteiger partial charge in [-0.25, -0.2) is 0 Å². The molecule has 0 amide bonds. The van der Waals surface area contributed by atoms with E-state index in [0.29, 0.717) is 10.8 Å². The first-order valence-corrected chi connectivity index (χ1v) is 11.6. The molecule has 26 heavy (non-hydrogen) atoms. The van der Waals surface area contributed by atoms with E-state index in [2.05, 4.69) is 47.3 Å². The molecule has 0 nitrogen and oxygen atoms in total. The average molecular weight is 355 g/mol. The van der Waals surface area contributed by atoms with Crippen molar-refractivity contribution in [2.24, 2.45) is 46.3 Å². The van der Waals surface area contributed by atoms with Crippen LogP contribution in [0, 0.1) is 46.3 Å². The molecule has 4 saturated carbocycles. The first-order valence-electron chi connectivity index (χ1n) is 11.6. The van der Waals surface area contributed by atoms with Crippen LogP contribution in [0.2, 0.25) is 0 Å². The minimum Gasteiger partial charge on any atom is -0.103 e. The van der Waals surface area contributed by atoms with Gasteiger partial charge in [0.25, 0.3) is 0 Å². The zero-order valence-corrected chi connectivity index (χ0v) is 18.1. The Morgan fingerprint density at radius 1 is 1.00 bits per heavy atom. The molecular weight excluding hydrogens is 312 g/mol. The minimum absolute atomic E-state index is 0.476. The number of hydrogen-bond acceptors (Lipinski definition) is 0. The Bertz CT molecular complexity index is 593. The fraction of sp³-hybridized carbons (Fsp3) is 0.846. The third-order valence-corrected chi connectivity index (χ3v) is 9.80. The lowest BCUT2D eigenvalue weighted by Crippen LogP contribution is -2.55. The standard InChI is InChI=1S/C26H42/c1-7-26-15-13-21-20(23(26)10-8-18(4)16-26)12-14-25(6)22(17(2)3)11-9-19(5)24(21)25/h7,18-21,23-24H,1,8-16H2,2-6H3/t18?,19-,20?,21?,23?,24?,25?,26?/m1/s1. The van der Waals surface area contributed by atoms with Gasteiger partial charge in [-0.05, 0) is 112 Å². The molecule has 0 radical (unpaired) electrons. The zero-order chi connectivity index (χ0) is 18.7. The van der Waals surface area contributed by atoms with Gasteiger partial charge in [0.15, 0.2) is 0 Å². The molecule has 4 rings (SSSR count).